The van der Waals surface area contributed by atoms with Crippen LogP contribution in [-0.4, -0.2) is 42.5 Å². The van der Waals surface area contributed by atoms with Gasteiger partial charge in [-0.3, -0.25) is 0 Å². The van der Waals surface area contributed by atoms with Crippen molar-refractivity contribution >= 4 is 24.2 Å². The molecule has 0 saturated heterocycles. The van der Waals surface area contributed by atoms with Gasteiger partial charge in [0.05, 0.1) is 14.2 Å². The Morgan fingerprint density at radius 3 is 2.06 bits per heavy atom. The van der Waals surface area contributed by atoms with E-state index in [1.165, 1.54) is 20.3 Å². The van der Waals surface area contributed by atoms with Gasteiger partial charge in [0.2, 0.25) is 11.4 Å². The third kappa shape index (κ3) is 2.97. The molecule has 0 atom stereocenters. The number of ether oxygens (including phenoxy) is 2. The van der Waals surface area contributed by atoms with E-state index in [-0.39, 0.29) is 17.3 Å². The van der Waals surface area contributed by atoms with Crippen molar-refractivity contribution in [3.05, 3.63) is 17.5 Å². The molecule has 90 valence electrons. The summed E-state index contributed by atoms with van der Waals surface area (Å²) in [6.07, 6.45) is 1.07. The average Bonchev–Trinajstić information content (AvgIpc) is 2.36. The van der Waals surface area contributed by atoms with E-state index < -0.39 is 11.9 Å². The average molecular weight is 239 g/mol. The molecule has 0 saturated carbocycles. The molecule has 1 heterocycles. The predicted octanol–water partition coefficient (Wildman–Crippen LogP) is -2.25. The summed E-state index contributed by atoms with van der Waals surface area (Å²) in [6.45, 7) is 0. The Balaban J connectivity index is 3.27. The lowest BCUT2D eigenvalue weighted by Crippen LogP contribution is -2.65. The van der Waals surface area contributed by atoms with Crippen LogP contribution in [0, 0.1) is 0 Å². The molecule has 1 rings (SSSR count). The fourth-order valence-electron chi connectivity index (χ4n) is 1.00. The second kappa shape index (κ2) is 5.54. The SMILES string of the molecule is COC(=O)c1cc(C(=O)OC)nc(/[NH+]=C\N)n1. The lowest BCUT2D eigenvalue weighted by molar-refractivity contribution is -0.359. The molecule has 0 amide bonds. The largest absolute Gasteiger partial charge is 0.463 e. The van der Waals surface area contributed by atoms with Crippen LogP contribution in [0.3, 0.4) is 0 Å². The van der Waals surface area contributed by atoms with Crippen molar-refractivity contribution in [3.8, 4) is 0 Å². The molecule has 17 heavy (non-hydrogen) atoms. The van der Waals surface area contributed by atoms with Gasteiger partial charge in [0.15, 0.2) is 6.34 Å². The van der Waals surface area contributed by atoms with Crippen LogP contribution in [0.2, 0.25) is 0 Å². The number of hydrogen-bond acceptors (Lipinski definition) is 6. The highest BCUT2D eigenvalue weighted by molar-refractivity contribution is 5.92. The summed E-state index contributed by atoms with van der Waals surface area (Å²) in [5.41, 5.74) is 4.98. The molecule has 0 aromatic carbocycles. The number of hydrogen-bond donors (Lipinski definition) is 2. The Bertz CT molecular complexity index is 438. The maximum absolute atomic E-state index is 11.3. The van der Waals surface area contributed by atoms with Crippen LogP contribution < -0.4 is 10.7 Å². The highest BCUT2D eigenvalue weighted by Crippen LogP contribution is 2.04. The Morgan fingerprint density at radius 1 is 1.24 bits per heavy atom. The van der Waals surface area contributed by atoms with Crippen molar-refractivity contribution < 1.29 is 24.1 Å². The van der Waals surface area contributed by atoms with Crippen LogP contribution in [0.15, 0.2) is 6.07 Å². The zero-order valence-corrected chi connectivity index (χ0v) is 9.26. The van der Waals surface area contributed by atoms with E-state index in [2.05, 4.69) is 24.4 Å². The van der Waals surface area contributed by atoms with Crippen LogP contribution in [0.5, 0.6) is 0 Å². The first-order chi connectivity index (χ1) is 8.12. The fraction of sp³-hybridized carbons (Fsp3) is 0.222. The zero-order valence-electron chi connectivity index (χ0n) is 9.26. The first kappa shape index (κ1) is 12.6. The quantitative estimate of drug-likeness (QED) is 0.347. The number of rotatable bonds is 3. The number of aromatic nitrogens is 2. The van der Waals surface area contributed by atoms with E-state index in [0.29, 0.717) is 0 Å². The summed E-state index contributed by atoms with van der Waals surface area (Å²) in [6, 6.07) is 1.17. The molecular weight excluding hydrogens is 228 g/mol. The predicted molar refractivity (Wildman–Crippen MR) is 55.6 cm³/mol. The molecule has 0 spiro atoms. The number of nitrogens with zero attached hydrogens (tertiary/aromatic N) is 2. The van der Waals surface area contributed by atoms with Crippen molar-refractivity contribution in [1.29, 1.82) is 0 Å². The third-order valence-corrected chi connectivity index (χ3v) is 1.73. The number of carbonyl (C=O) groups is 2. The van der Waals surface area contributed by atoms with E-state index >= 15 is 0 Å². The van der Waals surface area contributed by atoms with Crippen molar-refractivity contribution in [1.82, 2.24) is 9.97 Å². The molecule has 1 aromatic rings. The summed E-state index contributed by atoms with van der Waals surface area (Å²) < 4.78 is 8.97. The van der Waals surface area contributed by atoms with Gasteiger partial charge in [-0.1, -0.05) is 9.97 Å². The maximum atomic E-state index is 11.3. The second-order valence-electron chi connectivity index (χ2n) is 2.76. The molecule has 8 nitrogen and oxygen atoms in total. The zero-order chi connectivity index (χ0) is 12.8. The Kier molecular flexibility index (Phi) is 4.09. The smallest absolute Gasteiger partial charge is 0.383 e. The first-order valence-electron chi connectivity index (χ1n) is 4.48. The van der Waals surface area contributed by atoms with Gasteiger partial charge >= 0.3 is 17.9 Å². The lowest BCUT2D eigenvalue weighted by atomic mass is 10.3. The summed E-state index contributed by atoms with van der Waals surface area (Å²) in [5.74, 6) is -1.40. The highest BCUT2D eigenvalue weighted by atomic mass is 16.5. The van der Waals surface area contributed by atoms with E-state index in [0.717, 1.165) is 6.34 Å². The number of nitrogens with two attached hydrogens (primary N) is 1. The molecule has 0 fully saturated rings. The molecule has 1 aromatic heterocycles. The Hall–Kier alpha value is -2.51. The van der Waals surface area contributed by atoms with Gasteiger partial charge in [0.25, 0.3) is 0 Å². The maximum Gasteiger partial charge on any atom is 0.383 e. The molecule has 0 aliphatic carbocycles. The summed E-state index contributed by atoms with van der Waals surface area (Å²) in [4.78, 5) is 32.6. The van der Waals surface area contributed by atoms with E-state index in [1.54, 1.807) is 0 Å². The molecule has 0 bridgehead atoms. The minimum Gasteiger partial charge on any atom is -0.463 e. The summed E-state index contributed by atoms with van der Waals surface area (Å²) in [5, 5.41) is 0. The van der Waals surface area contributed by atoms with E-state index in [1.807, 2.05) is 0 Å². The van der Waals surface area contributed by atoms with Gasteiger partial charge in [0.1, 0.15) is 0 Å². The van der Waals surface area contributed by atoms with Gasteiger partial charge in [0, 0.05) is 6.07 Å². The number of esters is 2. The van der Waals surface area contributed by atoms with Gasteiger partial charge in [-0.25, -0.2) is 14.6 Å². The van der Waals surface area contributed by atoms with Crippen LogP contribution >= 0.6 is 0 Å². The Morgan fingerprint density at radius 2 is 1.71 bits per heavy atom. The molecule has 0 unspecified atom stereocenters. The standard InChI is InChI=1S/C9H10N4O4/c1-16-7(14)5-3-6(8(15)17-2)13-9(12-5)11-4-10/h3-4H,1-2H3,(H2,10,11,12,13)/p+1. The topological polar surface area (TPSA) is 118 Å². The van der Waals surface area contributed by atoms with Gasteiger partial charge in [-0.15, -0.1) is 0 Å². The number of methoxy groups -OCH3 is 2. The van der Waals surface area contributed by atoms with E-state index in [9.17, 15) is 9.59 Å². The monoisotopic (exact) mass is 239 g/mol. The van der Waals surface area contributed by atoms with Gasteiger partial charge in [-0.2, -0.15) is 0 Å². The third-order valence-electron chi connectivity index (χ3n) is 1.73. The molecule has 0 aliphatic rings. The summed E-state index contributed by atoms with van der Waals surface area (Å²) >= 11 is 0. The van der Waals surface area contributed by atoms with Crippen molar-refractivity contribution in [3.63, 3.8) is 0 Å². The fourth-order valence-corrected chi connectivity index (χ4v) is 1.00. The second-order valence-corrected chi connectivity index (χ2v) is 2.76. The van der Waals surface area contributed by atoms with Crippen LogP contribution in [0.25, 0.3) is 0 Å². The van der Waals surface area contributed by atoms with Crippen molar-refractivity contribution in [2.45, 2.75) is 0 Å². The first-order valence-corrected chi connectivity index (χ1v) is 4.48. The van der Waals surface area contributed by atoms with Crippen LogP contribution in [0.4, 0.5) is 5.95 Å². The molecule has 0 aliphatic heterocycles. The molecular formula is C9H11N4O4+. The number of nitrogens with one attached hydrogen (secondary N) is 1. The molecule has 3 N–H and O–H groups in total. The van der Waals surface area contributed by atoms with Crippen molar-refractivity contribution in [2.24, 2.45) is 5.73 Å². The Labute approximate surface area is 96.5 Å². The normalized spacial score (nSPS) is 10.2. The molecule has 0 radical (unpaired) electrons. The van der Waals surface area contributed by atoms with Gasteiger partial charge < -0.3 is 15.2 Å². The minimum absolute atomic E-state index is 0.00389. The van der Waals surface area contributed by atoms with Crippen LogP contribution in [-0.2, 0) is 9.47 Å². The molecule has 8 heteroatoms. The summed E-state index contributed by atoms with van der Waals surface area (Å²) in [7, 11) is 2.40. The van der Waals surface area contributed by atoms with Crippen molar-refractivity contribution in [2.75, 3.05) is 14.2 Å². The number of carbonyl (C=O) groups excluding carboxylic acids is 2. The van der Waals surface area contributed by atoms with Gasteiger partial charge in [-0.05, 0) is 0 Å². The minimum atomic E-state index is -0.697. The van der Waals surface area contributed by atoms with E-state index in [4.69, 9.17) is 5.73 Å². The highest BCUT2D eigenvalue weighted by Gasteiger charge is 2.21. The van der Waals surface area contributed by atoms with Crippen LogP contribution in [0.1, 0.15) is 21.0 Å². The lowest BCUT2D eigenvalue weighted by Gasteiger charge is -1.98.